The van der Waals surface area contributed by atoms with Crippen LogP contribution in [0, 0.1) is 13.8 Å². The lowest BCUT2D eigenvalue weighted by Gasteiger charge is -2.29. The van der Waals surface area contributed by atoms with Crippen molar-refractivity contribution in [3.8, 4) is 23.0 Å². The Balaban J connectivity index is 1.42. The van der Waals surface area contributed by atoms with E-state index in [2.05, 4.69) is 16.4 Å². The van der Waals surface area contributed by atoms with Gasteiger partial charge in [-0.15, -0.1) is 0 Å². The number of carbonyl (C=O) groups is 3. The van der Waals surface area contributed by atoms with Crippen LogP contribution >= 0.6 is 0 Å². The lowest BCUT2D eigenvalue weighted by Crippen LogP contribution is -2.41. The van der Waals surface area contributed by atoms with Gasteiger partial charge in [-0.25, -0.2) is 0 Å². The van der Waals surface area contributed by atoms with Crippen molar-refractivity contribution >= 4 is 28.3 Å². The number of ether oxygens (including phenoxy) is 2. The Morgan fingerprint density at radius 1 is 1.04 bits per heavy atom. The van der Waals surface area contributed by atoms with Gasteiger partial charge >= 0.3 is 0 Å². The van der Waals surface area contributed by atoms with Gasteiger partial charge in [0, 0.05) is 46.4 Å². The molecule has 1 aliphatic heterocycles. The largest absolute Gasteiger partial charge is 0.507 e. The van der Waals surface area contributed by atoms with Crippen LogP contribution in [0.25, 0.3) is 10.9 Å². The van der Waals surface area contributed by atoms with Crippen LogP contribution in [-0.2, 0) is 15.0 Å². The summed E-state index contributed by atoms with van der Waals surface area (Å²) >= 11 is 0. The molecule has 9 heteroatoms. The summed E-state index contributed by atoms with van der Waals surface area (Å²) in [6, 6.07) is 15.9. The molecule has 0 saturated heterocycles. The summed E-state index contributed by atoms with van der Waals surface area (Å²) in [5, 5.41) is 26.2. The molecule has 1 unspecified atom stereocenters. The number of rotatable bonds is 7. The zero-order chi connectivity index (χ0) is 32.4. The van der Waals surface area contributed by atoms with E-state index in [0.29, 0.717) is 12.2 Å². The van der Waals surface area contributed by atoms with Gasteiger partial charge in [-0.2, -0.15) is 0 Å². The number of Topliss-reactive ketones (excluding diaryl/α,β-unsaturated/α-hetero) is 2. The standard InChI is InChI=1S/C36H34N2O7/c1-17-32(41)30(20(4)39)34-31(33(17)42)36(5)27(45-34)15-26(40)29(35(36)43)18(2)37-16-24(21-11-13-22(44-6)14-12-21)28-19(3)38-25-10-8-7-9-23(25)28/h7-15,24,37-38,41-42H,16H2,1-6H3/t24?,36-/m0/s1. The number of aryl methyl sites for hydroxylation is 1. The van der Waals surface area contributed by atoms with Crippen molar-refractivity contribution in [1.29, 1.82) is 0 Å². The van der Waals surface area contributed by atoms with E-state index in [-0.39, 0.29) is 45.4 Å². The molecule has 1 aromatic heterocycles. The van der Waals surface area contributed by atoms with Gasteiger partial charge in [0.25, 0.3) is 0 Å². The highest BCUT2D eigenvalue weighted by Gasteiger charge is 2.56. The molecule has 230 valence electrons. The molecule has 4 aromatic rings. The number of phenolic OH excluding ortho intramolecular Hbond substituents is 2. The Morgan fingerprint density at radius 3 is 2.40 bits per heavy atom. The predicted molar refractivity (Wildman–Crippen MR) is 169 cm³/mol. The zero-order valence-corrected chi connectivity index (χ0v) is 25.9. The molecule has 0 radical (unpaired) electrons. The van der Waals surface area contributed by atoms with E-state index in [0.717, 1.165) is 33.5 Å². The first-order chi connectivity index (χ1) is 21.4. The van der Waals surface area contributed by atoms with Gasteiger partial charge in [0.2, 0.25) is 0 Å². The minimum Gasteiger partial charge on any atom is -0.507 e. The number of H-pyrrole nitrogens is 1. The van der Waals surface area contributed by atoms with Crippen LogP contribution in [0.15, 0.2) is 71.6 Å². The minimum absolute atomic E-state index is 0.00243. The van der Waals surface area contributed by atoms with E-state index in [1.165, 1.54) is 19.9 Å². The van der Waals surface area contributed by atoms with Gasteiger partial charge in [-0.1, -0.05) is 30.3 Å². The van der Waals surface area contributed by atoms with E-state index >= 15 is 0 Å². The summed E-state index contributed by atoms with van der Waals surface area (Å²) in [4.78, 5) is 43.8. The molecule has 6 rings (SSSR count). The maximum Gasteiger partial charge on any atom is 0.194 e. The first kappa shape index (κ1) is 29.7. The number of fused-ring (bicyclic) bond motifs is 4. The predicted octanol–water partition coefficient (Wildman–Crippen LogP) is 5.79. The topological polar surface area (TPSA) is 138 Å². The van der Waals surface area contributed by atoms with E-state index < -0.39 is 28.5 Å². The van der Waals surface area contributed by atoms with Crippen molar-refractivity contribution in [2.75, 3.05) is 13.7 Å². The number of aromatic amines is 1. The normalized spacial score (nSPS) is 19.0. The first-order valence-corrected chi connectivity index (χ1v) is 14.6. The summed E-state index contributed by atoms with van der Waals surface area (Å²) in [5.41, 5.74) is 2.78. The number of ketones is 3. The van der Waals surface area contributed by atoms with Crippen LogP contribution in [0.5, 0.6) is 23.0 Å². The van der Waals surface area contributed by atoms with Crippen LogP contribution in [0.1, 0.15) is 65.0 Å². The number of carbonyl (C=O) groups excluding carboxylic acids is 3. The SMILES string of the molecule is COc1ccc(C(CNC(C)=C2C(=O)C=C3Oc4c(C(C)=O)c(O)c(C)c(O)c4[C@@]3(C)C2=O)c2c(C)[nH]c3ccccc23)cc1. The van der Waals surface area contributed by atoms with Gasteiger partial charge in [-0.3, -0.25) is 14.4 Å². The highest BCUT2D eigenvalue weighted by Crippen LogP contribution is 2.57. The molecule has 0 spiro atoms. The van der Waals surface area contributed by atoms with Crippen molar-refractivity contribution in [3.05, 3.63) is 105 Å². The fourth-order valence-corrected chi connectivity index (χ4v) is 6.68. The number of nitrogens with one attached hydrogen (secondary N) is 2. The second-order valence-corrected chi connectivity index (χ2v) is 11.8. The monoisotopic (exact) mass is 606 g/mol. The van der Waals surface area contributed by atoms with Gasteiger partial charge < -0.3 is 30.0 Å². The maximum absolute atomic E-state index is 14.3. The van der Waals surface area contributed by atoms with Gasteiger partial charge in [0.1, 0.15) is 39.7 Å². The Morgan fingerprint density at radius 2 is 1.73 bits per heavy atom. The highest BCUT2D eigenvalue weighted by molar-refractivity contribution is 6.31. The lowest BCUT2D eigenvalue weighted by molar-refractivity contribution is -0.123. The summed E-state index contributed by atoms with van der Waals surface area (Å²) in [5.74, 6) is -1.97. The van der Waals surface area contributed by atoms with Crippen LogP contribution in [0.2, 0.25) is 0 Å². The summed E-state index contributed by atoms with van der Waals surface area (Å²) < 4.78 is 11.3. The molecule has 1 aliphatic carbocycles. The number of hydrogen-bond donors (Lipinski definition) is 4. The minimum atomic E-state index is -1.59. The quantitative estimate of drug-likeness (QED) is 0.118. The lowest BCUT2D eigenvalue weighted by atomic mass is 9.70. The number of allylic oxidation sites excluding steroid dienone is 4. The molecule has 2 heterocycles. The fourth-order valence-electron chi connectivity index (χ4n) is 6.68. The Bertz CT molecular complexity index is 2000. The van der Waals surface area contributed by atoms with Crippen molar-refractivity contribution in [3.63, 3.8) is 0 Å². The average molecular weight is 607 g/mol. The summed E-state index contributed by atoms with van der Waals surface area (Å²) in [7, 11) is 1.62. The molecule has 2 atom stereocenters. The highest BCUT2D eigenvalue weighted by atomic mass is 16.5. The van der Waals surface area contributed by atoms with E-state index in [9.17, 15) is 24.6 Å². The molecule has 0 bridgehead atoms. The van der Waals surface area contributed by atoms with Crippen LogP contribution in [0.4, 0.5) is 0 Å². The number of hydrogen-bond acceptors (Lipinski definition) is 8. The zero-order valence-electron chi connectivity index (χ0n) is 25.9. The maximum atomic E-state index is 14.3. The number of phenols is 2. The second-order valence-electron chi connectivity index (χ2n) is 11.8. The van der Waals surface area contributed by atoms with Crippen molar-refractivity contribution < 1.29 is 34.1 Å². The first-order valence-electron chi connectivity index (χ1n) is 14.6. The molecule has 9 nitrogen and oxygen atoms in total. The molecule has 0 amide bonds. The third kappa shape index (κ3) is 4.41. The van der Waals surface area contributed by atoms with Crippen molar-refractivity contribution in [2.24, 2.45) is 0 Å². The Kier molecular flexibility index (Phi) is 7.07. The molecule has 0 fully saturated rings. The second kappa shape index (κ2) is 10.7. The number of benzene rings is 3. The molecular weight excluding hydrogens is 572 g/mol. The molecule has 4 N–H and O–H groups in total. The van der Waals surface area contributed by atoms with E-state index in [1.54, 1.807) is 21.0 Å². The number of aromatic nitrogens is 1. The third-order valence-electron chi connectivity index (χ3n) is 9.14. The van der Waals surface area contributed by atoms with Crippen LogP contribution < -0.4 is 14.8 Å². The smallest absolute Gasteiger partial charge is 0.194 e. The van der Waals surface area contributed by atoms with E-state index in [1.807, 2.05) is 49.4 Å². The molecule has 0 saturated carbocycles. The Hall–Kier alpha value is -5.31. The molecule has 45 heavy (non-hydrogen) atoms. The van der Waals surface area contributed by atoms with Crippen molar-refractivity contribution in [2.45, 2.75) is 46.0 Å². The summed E-state index contributed by atoms with van der Waals surface area (Å²) in [6.45, 7) is 8.34. The molecular formula is C36H34N2O7. The molecule has 2 aliphatic rings. The third-order valence-corrected chi connectivity index (χ3v) is 9.14. The van der Waals surface area contributed by atoms with Gasteiger partial charge in [-0.05, 0) is 63.9 Å². The number of para-hydroxylation sites is 1. The fraction of sp³-hybridized carbons (Fsp3) is 0.250. The molecule has 3 aromatic carbocycles. The number of methoxy groups -OCH3 is 1. The van der Waals surface area contributed by atoms with Crippen LogP contribution in [0.3, 0.4) is 0 Å². The summed E-state index contributed by atoms with van der Waals surface area (Å²) in [6.07, 6.45) is 1.22. The Labute approximate surface area is 260 Å². The van der Waals surface area contributed by atoms with Gasteiger partial charge in [0.15, 0.2) is 17.3 Å². The van der Waals surface area contributed by atoms with Crippen molar-refractivity contribution in [1.82, 2.24) is 10.3 Å². The number of aromatic hydroxyl groups is 2. The van der Waals surface area contributed by atoms with Gasteiger partial charge in [0.05, 0.1) is 18.2 Å². The average Bonchev–Trinajstić information content (AvgIpc) is 3.50. The van der Waals surface area contributed by atoms with Crippen LogP contribution in [-0.4, -0.2) is 46.2 Å². The van der Waals surface area contributed by atoms with E-state index in [4.69, 9.17) is 9.47 Å².